The topological polar surface area (TPSA) is 18.5 Å². The number of hydrogen-bond acceptors (Lipinski definition) is 2. The second-order valence-corrected chi connectivity index (χ2v) is 2.88. The molecule has 52 valence electrons. The highest BCUT2D eigenvalue weighted by molar-refractivity contribution is 4.89. The first-order valence-corrected chi connectivity index (χ1v) is 3.58. The number of methoxy groups -OCH3 is 1. The van der Waals surface area contributed by atoms with E-state index in [0.717, 1.165) is 6.42 Å². The minimum Gasteiger partial charge on any atom is -0.379 e. The molecule has 0 aliphatic carbocycles. The summed E-state index contributed by atoms with van der Waals surface area (Å²) in [6.45, 7) is 0. The second kappa shape index (κ2) is 1.96. The molecule has 2 saturated heterocycles. The van der Waals surface area contributed by atoms with Crippen LogP contribution in [0.1, 0.15) is 19.3 Å². The molecule has 2 aliphatic heterocycles. The molecule has 0 N–H and O–H groups in total. The Morgan fingerprint density at radius 3 is 2.67 bits per heavy atom. The molecule has 0 radical (unpaired) electrons. The zero-order valence-corrected chi connectivity index (χ0v) is 5.67. The molecule has 2 rings (SSSR count). The van der Waals surface area contributed by atoms with E-state index >= 15 is 0 Å². The summed E-state index contributed by atoms with van der Waals surface area (Å²) in [4.78, 5) is 0. The maximum atomic E-state index is 5.55. The van der Waals surface area contributed by atoms with Crippen LogP contribution in [-0.4, -0.2) is 25.4 Å². The van der Waals surface area contributed by atoms with Crippen molar-refractivity contribution in [3.8, 4) is 0 Å². The lowest BCUT2D eigenvalue weighted by molar-refractivity contribution is 0.0264. The molecule has 3 atom stereocenters. The fourth-order valence-corrected chi connectivity index (χ4v) is 1.84. The van der Waals surface area contributed by atoms with Gasteiger partial charge in [0, 0.05) is 13.5 Å². The molecule has 3 unspecified atom stereocenters. The van der Waals surface area contributed by atoms with Gasteiger partial charge in [-0.05, 0) is 12.8 Å². The Kier molecular flexibility index (Phi) is 1.24. The van der Waals surface area contributed by atoms with E-state index in [0.29, 0.717) is 18.3 Å². The number of ether oxygens (including phenoxy) is 2. The van der Waals surface area contributed by atoms with Gasteiger partial charge in [0.2, 0.25) is 0 Å². The van der Waals surface area contributed by atoms with Crippen LogP contribution in [0.25, 0.3) is 0 Å². The molecule has 0 aromatic heterocycles. The van der Waals surface area contributed by atoms with Crippen molar-refractivity contribution in [2.45, 2.75) is 37.6 Å². The fraction of sp³-hybridized carbons (Fsp3) is 1.00. The third kappa shape index (κ3) is 0.775. The molecule has 9 heavy (non-hydrogen) atoms. The third-order valence-corrected chi connectivity index (χ3v) is 2.35. The number of fused-ring (bicyclic) bond motifs is 2. The van der Waals surface area contributed by atoms with E-state index in [1.54, 1.807) is 7.11 Å². The van der Waals surface area contributed by atoms with E-state index in [9.17, 15) is 0 Å². The highest BCUT2D eigenvalue weighted by Gasteiger charge is 2.40. The van der Waals surface area contributed by atoms with Gasteiger partial charge in [-0.15, -0.1) is 0 Å². The monoisotopic (exact) mass is 128 g/mol. The largest absolute Gasteiger partial charge is 0.379 e. The van der Waals surface area contributed by atoms with Crippen molar-refractivity contribution in [3.05, 3.63) is 0 Å². The van der Waals surface area contributed by atoms with Crippen molar-refractivity contribution >= 4 is 0 Å². The van der Waals surface area contributed by atoms with Gasteiger partial charge in [0.15, 0.2) is 0 Å². The van der Waals surface area contributed by atoms with Gasteiger partial charge in [-0.3, -0.25) is 0 Å². The summed E-state index contributed by atoms with van der Waals surface area (Å²) in [6.07, 6.45) is 4.96. The predicted octanol–water partition coefficient (Wildman–Crippen LogP) is 0.953. The minimum atomic E-state index is 0.406. The zero-order valence-electron chi connectivity index (χ0n) is 5.67. The summed E-state index contributed by atoms with van der Waals surface area (Å²) in [5, 5.41) is 0. The maximum Gasteiger partial charge on any atom is 0.0857 e. The van der Waals surface area contributed by atoms with Crippen LogP contribution in [0.15, 0.2) is 0 Å². The van der Waals surface area contributed by atoms with Gasteiger partial charge in [0.25, 0.3) is 0 Å². The summed E-state index contributed by atoms with van der Waals surface area (Å²) in [5.74, 6) is 0. The van der Waals surface area contributed by atoms with Gasteiger partial charge >= 0.3 is 0 Å². The number of rotatable bonds is 1. The van der Waals surface area contributed by atoms with Gasteiger partial charge in [0.05, 0.1) is 18.3 Å². The first kappa shape index (κ1) is 5.69. The molecule has 2 bridgehead atoms. The van der Waals surface area contributed by atoms with E-state index in [2.05, 4.69) is 0 Å². The van der Waals surface area contributed by atoms with Crippen molar-refractivity contribution in [3.63, 3.8) is 0 Å². The average molecular weight is 128 g/mol. The van der Waals surface area contributed by atoms with E-state index < -0.39 is 0 Å². The molecule has 0 spiro atoms. The van der Waals surface area contributed by atoms with Crippen molar-refractivity contribution in [1.29, 1.82) is 0 Å². The quantitative estimate of drug-likeness (QED) is 0.523. The summed E-state index contributed by atoms with van der Waals surface area (Å²) in [7, 11) is 1.77. The highest BCUT2D eigenvalue weighted by atomic mass is 16.6. The fourth-order valence-electron chi connectivity index (χ4n) is 1.84. The van der Waals surface area contributed by atoms with Gasteiger partial charge in [-0.2, -0.15) is 0 Å². The van der Waals surface area contributed by atoms with Crippen LogP contribution in [0.4, 0.5) is 0 Å². The summed E-state index contributed by atoms with van der Waals surface area (Å²) in [6, 6.07) is 0. The zero-order chi connectivity index (χ0) is 6.27. The van der Waals surface area contributed by atoms with Crippen LogP contribution in [0.5, 0.6) is 0 Å². The maximum absolute atomic E-state index is 5.55. The van der Waals surface area contributed by atoms with Crippen molar-refractivity contribution in [2.24, 2.45) is 0 Å². The molecule has 0 amide bonds. The SMILES string of the molecule is COC1CC2CCC1O2. The smallest absolute Gasteiger partial charge is 0.0857 e. The molecule has 2 aliphatic rings. The first-order valence-electron chi connectivity index (χ1n) is 3.58. The molecular formula is C7H12O2. The lowest BCUT2D eigenvalue weighted by atomic mass is 9.98. The Bertz CT molecular complexity index is 113. The molecule has 2 heterocycles. The van der Waals surface area contributed by atoms with E-state index in [-0.39, 0.29) is 0 Å². The van der Waals surface area contributed by atoms with Gasteiger partial charge in [0.1, 0.15) is 0 Å². The Morgan fingerprint density at radius 2 is 2.33 bits per heavy atom. The van der Waals surface area contributed by atoms with E-state index in [1.807, 2.05) is 0 Å². The normalized spacial score (nSPS) is 48.3. The van der Waals surface area contributed by atoms with Crippen LogP contribution in [-0.2, 0) is 9.47 Å². The standard InChI is InChI=1S/C7H12O2/c1-8-7-4-5-2-3-6(7)9-5/h5-7H,2-4H2,1H3. The van der Waals surface area contributed by atoms with Crippen molar-refractivity contribution in [1.82, 2.24) is 0 Å². The van der Waals surface area contributed by atoms with E-state index in [1.165, 1.54) is 12.8 Å². The third-order valence-electron chi connectivity index (χ3n) is 2.35. The molecule has 2 heteroatoms. The Labute approximate surface area is 55.1 Å². The predicted molar refractivity (Wildman–Crippen MR) is 33.3 cm³/mol. The molecule has 0 aromatic carbocycles. The van der Waals surface area contributed by atoms with E-state index in [4.69, 9.17) is 9.47 Å². The summed E-state index contributed by atoms with van der Waals surface area (Å²) in [5.41, 5.74) is 0. The molecular weight excluding hydrogens is 116 g/mol. The lowest BCUT2D eigenvalue weighted by Gasteiger charge is -2.15. The van der Waals surface area contributed by atoms with Crippen LogP contribution in [0.2, 0.25) is 0 Å². The average Bonchev–Trinajstić information content (AvgIpc) is 2.45. The van der Waals surface area contributed by atoms with Crippen LogP contribution >= 0.6 is 0 Å². The Hall–Kier alpha value is -0.0800. The lowest BCUT2D eigenvalue weighted by Crippen LogP contribution is -2.23. The molecule has 0 aromatic rings. The first-order chi connectivity index (χ1) is 4.40. The second-order valence-electron chi connectivity index (χ2n) is 2.88. The van der Waals surface area contributed by atoms with Crippen molar-refractivity contribution < 1.29 is 9.47 Å². The van der Waals surface area contributed by atoms with Crippen LogP contribution in [0.3, 0.4) is 0 Å². The van der Waals surface area contributed by atoms with Crippen molar-refractivity contribution in [2.75, 3.05) is 7.11 Å². The number of hydrogen-bond donors (Lipinski definition) is 0. The molecule has 2 nitrogen and oxygen atoms in total. The minimum absolute atomic E-state index is 0.406. The van der Waals surface area contributed by atoms with Crippen LogP contribution < -0.4 is 0 Å². The van der Waals surface area contributed by atoms with Crippen LogP contribution in [0, 0.1) is 0 Å². The summed E-state index contributed by atoms with van der Waals surface area (Å²) >= 11 is 0. The van der Waals surface area contributed by atoms with Gasteiger partial charge in [-0.25, -0.2) is 0 Å². The van der Waals surface area contributed by atoms with Gasteiger partial charge < -0.3 is 9.47 Å². The molecule has 2 fully saturated rings. The highest BCUT2D eigenvalue weighted by Crippen LogP contribution is 2.35. The molecule has 0 saturated carbocycles. The Morgan fingerprint density at radius 1 is 1.44 bits per heavy atom. The van der Waals surface area contributed by atoms with Gasteiger partial charge in [-0.1, -0.05) is 0 Å². The Balaban J connectivity index is 2.01. The summed E-state index contributed by atoms with van der Waals surface area (Å²) < 4.78 is 10.8.